The highest BCUT2D eigenvalue weighted by Gasteiger charge is 2.10. The van der Waals surface area contributed by atoms with Crippen molar-refractivity contribution in [3.05, 3.63) is 36.2 Å². The van der Waals surface area contributed by atoms with Crippen molar-refractivity contribution >= 4 is 27.8 Å². The summed E-state index contributed by atoms with van der Waals surface area (Å²) in [5.41, 5.74) is 1.80. The fraction of sp³-hybridized carbons (Fsp3) is 0.294. The number of rotatable bonds is 5. The number of pyridine rings is 1. The molecule has 2 aromatic heterocycles. The van der Waals surface area contributed by atoms with Gasteiger partial charge in [0.1, 0.15) is 11.4 Å². The first-order valence-electron chi connectivity index (χ1n) is 7.32. The van der Waals surface area contributed by atoms with Crippen molar-refractivity contribution in [2.45, 2.75) is 20.3 Å². The smallest absolute Gasteiger partial charge is 0.354 e. The largest absolute Gasteiger partial charge is 0.494 e. The Kier molecular flexibility index (Phi) is 3.71. The zero-order valence-electron chi connectivity index (χ0n) is 12.6. The Balaban J connectivity index is 1.99. The molecule has 5 heteroatoms. The van der Waals surface area contributed by atoms with Gasteiger partial charge in [-0.15, -0.1) is 0 Å². The minimum Gasteiger partial charge on any atom is -0.494 e. The van der Waals surface area contributed by atoms with Gasteiger partial charge in [0.15, 0.2) is 0 Å². The molecule has 114 valence electrons. The Morgan fingerprint density at radius 1 is 1.27 bits per heavy atom. The van der Waals surface area contributed by atoms with E-state index in [0.29, 0.717) is 12.5 Å². The maximum absolute atomic E-state index is 11.1. The van der Waals surface area contributed by atoms with Gasteiger partial charge in [-0.25, -0.2) is 9.78 Å². The average molecular weight is 298 g/mol. The number of aromatic nitrogens is 2. The third-order valence-electron chi connectivity index (χ3n) is 3.64. The third kappa shape index (κ3) is 2.74. The lowest BCUT2D eigenvalue weighted by molar-refractivity contribution is 0.0690. The van der Waals surface area contributed by atoms with Crippen LogP contribution in [0.5, 0.6) is 5.75 Å². The number of carbonyl (C=O) groups is 1. The fourth-order valence-corrected chi connectivity index (χ4v) is 2.40. The van der Waals surface area contributed by atoms with Crippen LogP contribution in [0.1, 0.15) is 30.8 Å². The van der Waals surface area contributed by atoms with Crippen LogP contribution in [-0.4, -0.2) is 27.7 Å². The van der Waals surface area contributed by atoms with E-state index in [4.69, 9.17) is 9.84 Å². The zero-order chi connectivity index (χ0) is 15.7. The molecule has 3 aromatic rings. The fourth-order valence-electron chi connectivity index (χ4n) is 2.40. The Hall–Kier alpha value is -2.56. The number of carboxylic acid groups (broad SMARTS) is 1. The normalized spacial score (nSPS) is 11.4. The van der Waals surface area contributed by atoms with Gasteiger partial charge in [-0.3, -0.25) is 0 Å². The highest BCUT2D eigenvalue weighted by molar-refractivity contribution is 6.08. The van der Waals surface area contributed by atoms with Crippen molar-refractivity contribution in [1.29, 1.82) is 0 Å². The molecule has 0 saturated heterocycles. The van der Waals surface area contributed by atoms with E-state index in [0.717, 1.165) is 34.0 Å². The average Bonchev–Trinajstić information content (AvgIpc) is 2.84. The van der Waals surface area contributed by atoms with Gasteiger partial charge in [-0.1, -0.05) is 13.8 Å². The summed E-state index contributed by atoms with van der Waals surface area (Å²) in [5.74, 6) is 0.365. The Morgan fingerprint density at radius 3 is 2.77 bits per heavy atom. The first-order chi connectivity index (χ1) is 10.5. The van der Waals surface area contributed by atoms with E-state index in [-0.39, 0.29) is 5.69 Å². The van der Waals surface area contributed by atoms with Gasteiger partial charge >= 0.3 is 5.97 Å². The van der Waals surface area contributed by atoms with Crippen molar-refractivity contribution in [2.75, 3.05) is 6.61 Å². The minimum atomic E-state index is -1.03. The van der Waals surface area contributed by atoms with E-state index in [2.05, 4.69) is 23.8 Å². The first-order valence-corrected chi connectivity index (χ1v) is 7.32. The van der Waals surface area contributed by atoms with E-state index in [9.17, 15) is 4.79 Å². The van der Waals surface area contributed by atoms with Crippen LogP contribution in [0.25, 0.3) is 21.8 Å². The summed E-state index contributed by atoms with van der Waals surface area (Å²) >= 11 is 0. The summed E-state index contributed by atoms with van der Waals surface area (Å²) < 4.78 is 5.78. The predicted octanol–water partition coefficient (Wildman–Crippen LogP) is 3.84. The number of benzene rings is 1. The molecule has 0 aliphatic heterocycles. The molecule has 0 unspecified atom stereocenters. The van der Waals surface area contributed by atoms with Crippen molar-refractivity contribution in [3.63, 3.8) is 0 Å². The number of carboxylic acids is 1. The maximum atomic E-state index is 11.1. The van der Waals surface area contributed by atoms with Crippen LogP contribution in [0.4, 0.5) is 0 Å². The second-order valence-electron chi connectivity index (χ2n) is 5.78. The molecular formula is C17H18N2O3. The number of fused-ring (bicyclic) bond motifs is 3. The van der Waals surface area contributed by atoms with Crippen LogP contribution in [0.15, 0.2) is 30.5 Å². The molecule has 0 bridgehead atoms. The molecular weight excluding hydrogens is 280 g/mol. The lowest BCUT2D eigenvalue weighted by Crippen LogP contribution is -2.01. The van der Waals surface area contributed by atoms with Gasteiger partial charge in [0.25, 0.3) is 0 Å². The zero-order valence-corrected chi connectivity index (χ0v) is 12.6. The second kappa shape index (κ2) is 5.67. The number of hydrogen-bond donors (Lipinski definition) is 2. The van der Waals surface area contributed by atoms with Crippen LogP contribution in [0.2, 0.25) is 0 Å². The van der Waals surface area contributed by atoms with Crippen molar-refractivity contribution in [3.8, 4) is 5.75 Å². The van der Waals surface area contributed by atoms with E-state index < -0.39 is 5.97 Å². The standard InChI is InChI=1S/C17H18N2O3/c1-10(2)5-6-22-11-3-4-14-12(7-11)13-8-15(17(20)21)18-9-16(13)19-14/h3-4,7-10,19H,5-6H2,1-2H3,(H,20,21). The maximum Gasteiger partial charge on any atom is 0.354 e. The van der Waals surface area contributed by atoms with E-state index >= 15 is 0 Å². The number of ether oxygens (including phenoxy) is 1. The molecule has 0 saturated carbocycles. The van der Waals surface area contributed by atoms with Crippen molar-refractivity contribution in [2.24, 2.45) is 5.92 Å². The quantitative estimate of drug-likeness (QED) is 0.750. The molecule has 0 aliphatic carbocycles. The third-order valence-corrected chi connectivity index (χ3v) is 3.64. The van der Waals surface area contributed by atoms with Crippen molar-refractivity contribution in [1.82, 2.24) is 9.97 Å². The number of nitrogens with one attached hydrogen (secondary N) is 1. The summed E-state index contributed by atoms with van der Waals surface area (Å²) in [6, 6.07) is 7.40. The van der Waals surface area contributed by atoms with Crippen LogP contribution in [0.3, 0.4) is 0 Å². The van der Waals surface area contributed by atoms with E-state index in [1.165, 1.54) is 0 Å². The second-order valence-corrected chi connectivity index (χ2v) is 5.78. The highest BCUT2D eigenvalue weighted by Crippen LogP contribution is 2.29. The molecule has 3 rings (SSSR count). The number of nitrogens with zero attached hydrogens (tertiary/aromatic N) is 1. The number of aromatic carboxylic acids is 1. The molecule has 0 atom stereocenters. The Morgan fingerprint density at radius 2 is 2.05 bits per heavy atom. The molecule has 0 spiro atoms. The van der Waals surface area contributed by atoms with Crippen LogP contribution in [-0.2, 0) is 0 Å². The van der Waals surface area contributed by atoms with Crippen LogP contribution < -0.4 is 4.74 Å². The summed E-state index contributed by atoms with van der Waals surface area (Å²) in [6.07, 6.45) is 2.55. The van der Waals surface area contributed by atoms with Crippen LogP contribution in [0, 0.1) is 5.92 Å². The molecule has 0 radical (unpaired) electrons. The van der Waals surface area contributed by atoms with Crippen LogP contribution >= 0.6 is 0 Å². The molecule has 0 fully saturated rings. The predicted molar refractivity (Wildman–Crippen MR) is 85.5 cm³/mol. The SMILES string of the molecule is CC(C)CCOc1ccc2[nH]c3cnc(C(=O)O)cc3c2c1. The molecule has 0 aliphatic rings. The van der Waals surface area contributed by atoms with Gasteiger partial charge < -0.3 is 14.8 Å². The lowest BCUT2D eigenvalue weighted by Gasteiger charge is -2.08. The highest BCUT2D eigenvalue weighted by atomic mass is 16.5. The number of aromatic amines is 1. The molecule has 0 amide bonds. The van der Waals surface area contributed by atoms with Gasteiger partial charge in [0.2, 0.25) is 0 Å². The summed E-state index contributed by atoms with van der Waals surface area (Å²) in [6.45, 7) is 4.99. The first kappa shape index (κ1) is 14.4. The molecule has 1 aromatic carbocycles. The number of H-pyrrole nitrogens is 1. The van der Waals surface area contributed by atoms with Gasteiger partial charge in [-0.05, 0) is 36.6 Å². The van der Waals surface area contributed by atoms with Gasteiger partial charge in [0.05, 0.1) is 18.3 Å². The Bertz CT molecular complexity index is 836. The molecule has 22 heavy (non-hydrogen) atoms. The number of hydrogen-bond acceptors (Lipinski definition) is 3. The molecule has 2 N–H and O–H groups in total. The van der Waals surface area contributed by atoms with E-state index in [1.54, 1.807) is 12.3 Å². The Labute approximate surface area is 127 Å². The monoisotopic (exact) mass is 298 g/mol. The van der Waals surface area contributed by atoms with Crippen molar-refractivity contribution < 1.29 is 14.6 Å². The summed E-state index contributed by atoms with van der Waals surface area (Å²) in [5, 5.41) is 10.9. The lowest BCUT2D eigenvalue weighted by atomic mass is 10.1. The topological polar surface area (TPSA) is 75.2 Å². The van der Waals surface area contributed by atoms with Gasteiger partial charge in [-0.2, -0.15) is 0 Å². The molecule has 5 nitrogen and oxygen atoms in total. The van der Waals surface area contributed by atoms with Gasteiger partial charge in [0, 0.05) is 16.3 Å². The summed E-state index contributed by atoms with van der Waals surface area (Å²) in [4.78, 5) is 18.2. The summed E-state index contributed by atoms with van der Waals surface area (Å²) in [7, 11) is 0. The minimum absolute atomic E-state index is 0.0412. The van der Waals surface area contributed by atoms with E-state index in [1.807, 2.05) is 18.2 Å². The molecule has 2 heterocycles.